The Morgan fingerprint density at radius 1 is 0.931 bits per heavy atom. The van der Waals surface area contributed by atoms with Gasteiger partial charge in [-0.25, -0.2) is 4.98 Å². The second-order valence-electron chi connectivity index (χ2n) is 8.12. The maximum absolute atomic E-state index is 5.50. The molecule has 3 aromatic rings. The van der Waals surface area contributed by atoms with Gasteiger partial charge in [0.2, 0.25) is 0 Å². The van der Waals surface area contributed by atoms with Crippen molar-refractivity contribution in [3.05, 3.63) is 53.9 Å². The van der Waals surface area contributed by atoms with Gasteiger partial charge in [-0.15, -0.1) is 0 Å². The van der Waals surface area contributed by atoms with E-state index in [0.717, 1.165) is 56.4 Å². The van der Waals surface area contributed by atoms with Gasteiger partial charge in [0.25, 0.3) is 0 Å². The van der Waals surface area contributed by atoms with Crippen molar-refractivity contribution in [2.75, 3.05) is 45.2 Å². The lowest BCUT2D eigenvalue weighted by atomic mass is 9.95. The molecule has 0 atom stereocenters. The topological polar surface area (TPSA) is 33.5 Å². The molecule has 29 heavy (non-hydrogen) atoms. The minimum Gasteiger partial charge on any atom is -0.497 e. The number of piperazine rings is 1. The van der Waals surface area contributed by atoms with Crippen LogP contribution >= 0.6 is 0 Å². The summed E-state index contributed by atoms with van der Waals surface area (Å²) in [6, 6.07) is 15.4. The number of rotatable bonds is 3. The summed E-state index contributed by atoms with van der Waals surface area (Å²) in [4.78, 5) is 9.83. The van der Waals surface area contributed by atoms with Crippen molar-refractivity contribution < 1.29 is 4.74 Å². The molecule has 150 valence electrons. The van der Waals surface area contributed by atoms with Crippen molar-refractivity contribution in [2.45, 2.75) is 19.9 Å². The number of aryl methyl sites for hydroxylation is 2. The number of benzene rings is 2. The average molecular weight is 389 g/mol. The minimum absolute atomic E-state index is 0.896. The average Bonchev–Trinajstić information content (AvgIpc) is 3.11. The van der Waals surface area contributed by atoms with E-state index in [9.17, 15) is 0 Å². The van der Waals surface area contributed by atoms with E-state index in [4.69, 9.17) is 9.72 Å². The van der Waals surface area contributed by atoms with Gasteiger partial charge in [0.05, 0.1) is 18.5 Å². The molecule has 0 bridgehead atoms. The van der Waals surface area contributed by atoms with Crippen LogP contribution in [-0.4, -0.2) is 54.8 Å². The molecular weight excluding hydrogens is 360 g/mol. The van der Waals surface area contributed by atoms with Crippen molar-refractivity contribution >= 4 is 5.69 Å². The smallest absolute Gasteiger partial charge is 0.119 e. The molecule has 0 N–H and O–H groups in total. The fourth-order valence-corrected chi connectivity index (χ4v) is 4.56. The van der Waals surface area contributed by atoms with E-state index in [1.54, 1.807) is 7.11 Å². The molecule has 0 amide bonds. The zero-order chi connectivity index (χ0) is 20.0. The monoisotopic (exact) mass is 388 g/mol. The summed E-state index contributed by atoms with van der Waals surface area (Å²) in [5.41, 5.74) is 7.38. The van der Waals surface area contributed by atoms with Crippen molar-refractivity contribution in [1.29, 1.82) is 0 Å². The highest BCUT2D eigenvalue weighted by Crippen LogP contribution is 2.39. The summed E-state index contributed by atoms with van der Waals surface area (Å²) < 4.78 is 7.85. The van der Waals surface area contributed by atoms with Gasteiger partial charge < -0.3 is 19.1 Å². The molecule has 3 heterocycles. The number of anilines is 1. The lowest BCUT2D eigenvalue weighted by molar-refractivity contribution is 0.313. The molecule has 0 unspecified atom stereocenters. The van der Waals surface area contributed by atoms with Gasteiger partial charge in [-0.3, -0.25) is 0 Å². The Morgan fingerprint density at radius 3 is 2.41 bits per heavy atom. The van der Waals surface area contributed by atoms with Crippen LogP contribution in [0.4, 0.5) is 5.69 Å². The Labute approximate surface area is 172 Å². The standard InChI is InChI=1S/C24H28N4O/c1-17-25-23(19-4-7-20(8-5-19)27-14-12-26(2)13-15-27)24-22-16-21(29-3)9-6-18(22)10-11-28(17)24/h4-9,16H,10-15H2,1-3H3. The first-order chi connectivity index (χ1) is 14.1. The Morgan fingerprint density at radius 2 is 1.69 bits per heavy atom. The largest absolute Gasteiger partial charge is 0.497 e. The predicted molar refractivity (Wildman–Crippen MR) is 118 cm³/mol. The first-order valence-electron chi connectivity index (χ1n) is 10.4. The molecule has 0 radical (unpaired) electrons. The summed E-state index contributed by atoms with van der Waals surface area (Å²) in [6.45, 7) is 7.50. The van der Waals surface area contributed by atoms with Crippen LogP contribution in [0.15, 0.2) is 42.5 Å². The van der Waals surface area contributed by atoms with Gasteiger partial charge in [-0.1, -0.05) is 18.2 Å². The Balaban J connectivity index is 1.53. The van der Waals surface area contributed by atoms with E-state index in [1.807, 2.05) is 0 Å². The third kappa shape index (κ3) is 3.19. The van der Waals surface area contributed by atoms with Crippen LogP contribution in [0.3, 0.4) is 0 Å². The summed E-state index contributed by atoms with van der Waals surface area (Å²) in [6.07, 6.45) is 1.03. The number of hydrogen-bond donors (Lipinski definition) is 0. The zero-order valence-electron chi connectivity index (χ0n) is 17.5. The minimum atomic E-state index is 0.896. The summed E-state index contributed by atoms with van der Waals surface area (Å²) >= 11 is 0. The maximum Gasteiger partial charge on any atom is 0.119 e. The van der Waals surface area contributed by atoms with E-state index in [1.165, 1.54) is 28.1 Å². The second-order valence-corrected chi connectivity index (χ2v) is 8.12. The molecule has 0 spiro atoms. The van der Waals surface area contributed by atoms with Crippen LogP contribution in [0.1, 0.15) is 11.4 Å². The highest BCUT2D eigenvalue weighted by molar-refractivity contribution is 5.82. The first-order valence-corrected chi connectivity index (χ1v) is 10.4. The highest BCUT2D eigenvalue weighted by Gasteiger charge is 2.24. The van der Waals surface area contributed by atoms with E-state index in [0.29, 0.717) is 0 Å². The number of fused-ring (bicyclic) bond motifs is 3. The maximum atomic E-state index is 5.50. The first kappa shape index (κ1) is 18.3. The van der Waals surface area contributed by atoms with Crippen LogP contribution in [0, 0.1) is 6.92 Å². The number of methoxy groups -OCH3 is 1. The summed E-state index contributed by atoms with van der Waals surface area (Å²) in [5.74, 6) is 1.97. The summed E-state index contributed by atoms with van der Waals surface area (Å²) in [5, 5.41) is 0. The van der Waals surface area contributed by atoms with E-state index in [2.05, 4.69) is 70.8 Å². The van der Waals surface area contributed by atoms with E-state index in [-0.39, 0.29) is 0 Å². The molecule has 2 aliphatic rings. The molecule has 1 saturated heterocycles. The Bertz CT molecular complexity index is 1030. The second kappa shape index (κ2) is 7.23. The quantitative estimate of drug-likeness (QED) is 0.683. The molecule has 0 aliphatic carbocycles. The van der Waals surface area contributed by atoms with Gasteiger partial charge in [-0.05, 0) is 50.2 Å². The zero-order valence-corrected chi connectivity index (χ0v) is 17.5. The molecule has 1 aromatic heterocycles. The molecular formula is C24H28N4O. The van der Waals surface area contributed by atoms with Crippen molar-refractivity contribution in [2.24, 2.45) is 0 Å². The van der Waals surface area contributed by atoms with Crippen LogP contribution in [0.25, 0.3) is 22.5 Å². The van der Waals surface area contributed by atoms with Crippen molar-refractivity contribution in [3.63, 3.8) is 0 Å². The molecule has 1 fully saturated rings. The van der Waals surface area contributed by atoms with Gasteiger partial charge in [0.1, 0.15) is 11.6 Å². The third-order valence-corrected chi connectivity index (χ3v) is 6.34. The predicted octanol–water partition coefficient (Wildman–Crippen LogP) is 3.84. The molecule has 2 aromatic carbocycles. The van der Waals surface area contributed by atoms with Gasteiger partial charge in [0.15, 0.2) is 0 Å². The van der Waals surface area contributed by atoms with Gasteiger partial charge in [0, 0.05) is 49.5 Å². The fraction of sp³-hybridized carbons (Fsp3) is 0.375. The van der Waals surface area contributed by atoms with Gasteiger partial charge in [-0.2, -0.15) is 0 Å². The van der Waals surface area contributed by atoms with Crippen LogP contribution in [0.2, 0.25) is 0 Å². The fourth-order valence-electron chi connectivity index (χ4n) is 4.56. The summed E-state index contributed by atoms with van der Waals surface area (Å²) in [7, 11) is 3.92. The molecule has 5 nitrogen and oxygen atoms in total. The number of aromatic nitrogens is 2. The number of hydrogen-bond acceptors (Lipinski definition) is 4. The van der Waals surface area contributed by atoms with Crippen molar-refractivity contribution in [1.82, 2.24) is 14.5 Å². The number of likely N-dealkylation sites (N-methyl/N-ethyl adjacent to an activating group) is 1. The van der Waals surface area contributed by atoms with Crippen molar-refractivity contribution in [3.8, 4) is 28.3 Å². The number of nitrogens with zero attached hydrogens (tertiary/aromatic N) is 4. The number of imidazole rings is 1. The third-order valence-electron chi connectivity index (χ3n) is 6.34. The molecule has 2 aliphatic heterocycles. The van der Waals surface area contributed by atoms with Crippen LogP contribution in [-0.2, 0) is 13.0 Å². The molecule has 5 rings (SSSR count). The highest BCUT2D eigenvalue weighted by atomic mass is 16.5. The van der Waals surface area contributed by atoms with Crippen LogP contribution < -0.4 is 9.64 Å². The lowest BCUT2D eigenvalue weighted by Gasteiger charge is -2.34. The van der Waals surface area contributed by atoms with Crippen LogP contribution in [0.5, 0.6) is 5.75 Å². The Hall–Kier alpha value is -2.79. The SMILES string of the molecule is COc1ccc2c(c1)-c1c(-c3ccc(N4CCN(C)CC4)cc3)nc(C)n1CC2. The number of ether oxygens (including phenoxy) is 1. The van der Waals surface area contributed by atoms with E-state index >= 15 is 0 Å². The van der Waals surface area contributed by atoms with E-state index < -0.39 is 0 Å². The Kier molecular flexibility index (Phi) is 4.55. The molecule has 0 saturated carbocycles. The molecule has 5 heteroatoms. The lowest BCUT2D eigenvalue weighted by Crippen LogP contribution is -2.44. The van der Waals surface area contributed by atoms with Gasteiger partial charge >= 0.3 is 0 Å². The normalized spacial score (nSPS) is 16.4.